The van der Waals surface area contributed by atoms with Crippen LogP contribution in [0.15, 0.2) is 59.3 Å². The molecule has 0 fully saturated rings. The summed E-state index contributed by atoms with van der Waals surface area (Å²) in [5.41, 5.74) is 2.61. The third-order valence-electron chi connectivity index (χ3n) is 3.07. The molecule has 0 bridgehead atoms. The first kappa shape index (κ1) is 11.3. The van der Waals surface area contributed by atoms with Gasteiger partial charge in [0.15, 0.2) is 0 Å². The largest absolute Gasteiger partial charge is 0.385 e. The fourth-order valence-electron chi connectivity index (χ4n) is 2.09. The first-order chi connectivity index (χ1) is 8.92. The molecular weight excluding hydrogens is 238 g/mol. The standard InChI is InChI=1S/C16H15NS/c1-2-4-15-11-16(6-5-14(15)3-1)17-9-7-13-8-10-18-12-13/h1-6,8,10-12,17H,7,9H2. The van der Waals surface area contributed by atoms with Crippen LogP contribution in [0.25, 0.3) is 10.8 Å². The van der Waals surface area contributed by atoms with Gasteiger partial charge >= 0.3 is 0 Å². The minimum Gasteiger partial charge on any atom is -0.385 e. The lowest BCUT2D eigenvalue weighted by Crippen LogP contribution is -2.03. The smallest absolute Gasteiger partial charge is 0.0346 e. The molecule has 1 nitrogen and oxygen atoms in total. The Hall–Kier alpha value is -1.80. The molecule has 2 aromatic carbocycles. The minimum atomic E-state index is 0.981. The normalized spacial score (nSPS) is 10.7. The Kier molecular flexibility index (Phi) is 3.29. The number of nitrogens with one attached hydrogen (secondary N) is 1. The maximum atomic E-state index is 3.48. The fraction of sp³-hybridized carbons (Fsp3) is 0.125. The molecule has 0 amide bonds. The summed E-state index contributed by atoms with van der Waals surface area (Å²) in [5.74, 6) is 0. The van der Waals surface area contributed by atoms with Gasteiger partial charge in [0.05, 0.1) is 0 Å². The molecule has 0 aliphatic rings. The van der Waals surface area contributed by atoms with Crippen LogP contribution in [0, 0.1) is 0 Å². The first-order valence-electron chi connectivity index (χ1n) is 6.15. The zero-order valence-corrected chi connectivity index (χ0v) is 10.9. The minimum absolute atomic E-state index is 0.981. The van der Waals surface area contributed by atoms with E-state index in [1.165, 1.54) is 22.0 Å². The molecular formula is C16H15NS. The monoisotopic (exact) mass is 253 g/mol. The Morgan fingerprint density at radius 1 is 0.944 bits per heavy atom. The molecule has 18 heavy (non-hydrogen) atoms. The van der Waals surface area contributed by atoms with Gasteiger partial charge in [0.25, 0.3) is 0 Å². The number of hydrogen-bond acceptors (Lipinski definition) is 2. The molecule has 0 aliphatic heterocycles. The van der Waals surface area contributed by atoms with Gasteiger partial charge in [0.2, 0.25) is 0 Å². The summed E-state index contributed by atoms with van der Waals surface area (Å²) in [5, 5.41) is 10.4. The Balaban J connectivity index is 1.67. The van der Waals surface area contributed by atoms with Crippen molar-refractivity contribution in [1.29, 1.82) is 0 Å². The second-order valence-corrected chi connectivity index (χ2v) is 5.15. The van der Waals surface area contributed by atoms with Crippen LogP contribution in [0.2, 0.25) is 0 Å². The van der Waals surface area contributed by atoms with Crippen LogP contribution in [0.4, 0.5) is 5.69 Å². The van der Waals surface area contributed by atoms with Gasteiger partial charge in [-0.1, -0.05) is 30.3 Å². The molecule has 0 spiro atoms. The van der Waals surface area contributed by atoms with Gasteiger partial charge in [-0.25, -0.2) is 0 Å². The van der Waals surface area contributed by atoms with Gasteiger partial charge < -0.3 is 5.32 Å². The van der Waals surface area contributed by atoms with Crippen LogP contribution in [0.1, 0.15) is 5.56 Å². The van der Waals surface area contributed by atoms with Gasteiger partial charge in [-0.05, 0) is 51.7 Å². The molecule has 0 saturated carbocycles. The van der Waals surface area contributed by atoms with Crippen molar-refractivity contribution in [1.82, 2.24) is 0 Å². The highest BCUT2D eigenvalue weighted by atomic mass is 32.1. The van der Waals surface area contributed by atoms with Gasteiger partial charge in [-0.3, -0.25) is 0 Å². The summed E-state index contributed by atoms with van der Waals surface area (Å²) in [6, 6.07) is 17.2. The summed E-state index contributed by atoms with van der Waals surface area (Å²) in [6.07, 6.45) is 1.08. The first-order valence-corrected chi connectivity index (χ1v) is 7.10. The third kappa shape index (κ3) is 2.54. The number of hydrogen-bond donors (Lipinski definition) is 1. The van der Waals surface area contributed by atoms with E-state index in [1.807, 2.05) is 0 Å². The van der Waals surface area contributed by atoms with Crippen LogP contribution in [0.3, 0.4) is 0 Å². The second kappa shape index (κ2) is 5.23. The Morgan fingerprint density at radius 3 is 2.67 bits per heavy atom. The SMILES string of the molecule is c1ccc2cc(NCCc3ccsc3)ccc2c1. The summed E-state index contributed by atoms with van der Waals surface area (Å²) >= 11 is 1.76. The number of thiophene rings is 1. The number of rotatable bonds is 4. The van der Waals surface area contributed by atoms with Crippen molar-refractivity contribution < 1.29 is 0 Å². The van der Waals surface area contributed by atoms with Crippen LogP contribution in [0.5, 0.6) is 0 Å². The van der Waals surface area contributed by atoms with Crippen molar-refractivity contribution in [3.63, 3.8) is 0 Å². The molecule has 2 heteroatoms. The van der Waals surface area contributed by atoms with Crippen LogP contribution < -0.4 is 5.32 Å². The average molecular weight is 253 g/mol. The van der Waals surface area contributed by atoms with Gasteiger partial charge in [0.1, 0.15) is 0 Å². The van der Waals surface area contributed by atoms with E-state index < -0.39 is 0 Å². The van der Waals surface area contributed by atoms with Crippen molar-refractivity contribution in [2.45, 2.75) is 6.42 Å². The van der Waals surface area contributed by atoms with E-state index in [2.05, 4.69) is 64.6 Å². The van der Waals surface area contributed by atoms with E-state index in [0.717, 1.165) is 13.0 Å². The lowest BCUT2D eigenvalue weighted by Gasteiger charge is -2.07. The summed E-state index contributed by atoms with van der Waals surface area (Å²) in [7, 11) is 0. The summed E-state index contributed by atoms with van der Waals surface area (Å²) in [6.45, 7) is 0.981. The zero-order chi connectivity index (χ0) is 12.2. The van der Waals surface area contributed by atoms with Gasteiger partial charge in [-0.2, -0.15) is 11.3 Å². The van der Waals surface area contributed by atoms with Crippen molar-refractivity contribution in [3.05, 3.63) is 64.9 Å². The predicted octanol–water partition coefficient (Wildman–Crippen LogP) is 4.56. The number of anilines is 1. The Labute approximate surface area is 111 Å². The maximum Gasteiger partial charge on any atom is 0.0346 e. The molecule has 1 N–H and O–H groups in total. The van der Waals surface area contributed by atoms with Crippen LogP contribution in [-0.2, 0) is 6.42 Å². The van der Waals surface area contributed by atoms with Crippen molar-refractivity contribution in [2.75, 3.05) is 11.9 Å². The lowest BCUT2D eigenvalue weighted by atomic mass is 10.1. The molecule has 3 rings (SSSR count). The van der Waals surface area contributed by atoms with Crippen molar-refractivity contribution >= 4 is 27.8 Å². The number of benzene rings is 2. The van der Waals surface area contributed by atoms with E-state index in [0.29, 0.717) is 0 Å². The van der Waals surface area contributed by atoms with Crippen molar-refractivity contribution in [2.24, 2.45) is 0 Å². The van der Waals surface area contributed by atoms with Gasteiger partial charge in [0, 0.05) is 12.2 Å². The van der Waals surface area contributed by atoms with E-state index in [1.54, 1.807) is 11.3 Å². The summed E-state index contributed by atoms with van der Waals surface area (Å²) in [4.78, 5) is 0. The Morgan fingerprint density at radius 2 is 1.83 bits per heavy atom. The van der Waals surface area contributed by atoms with E-state index >= 15 is 0 Å². The molecule has 1 aromatic heterocycles. The molecule has 3 aromatic rings. The van der Waals surface area contributed by atoms with E-state index in [-0.39, 0.29) is 0 Å². The zero-order valence-electron chi connectivity index (χ0n) is 10.1. The average Bonchev–Trinajstić information content (AvgIpc) is 2.92. The summed E-state index contributed by atoms with van der Waals surface area (Å²) < 4.78 is 0. The highest BCUT2D eigenvalue weighted by Crippen LogP contribution is 2.18. The fourth-order valence-corrected chi connectivity index (χ4v) is 2.79. The third-order valence-corrected chi connectivity index (χ3v) is 3.80. The predicted molar refractivity (Wildman–Crippen MR) is 80.5 cm³/mol. The highest BCUT2D eigenvalue weighted by Gasteiger charge is 1.96. The van der Waals surface area contributed by atoms with E-state index in [9.17, 15) is 0 Å². The Bertz CT molecular complexity index is 628. The molecule has 0 aliphatic carbocycles. The quantitative estimate of drug-likeness (QED) is 0.719. The topological polar surface area (TPSA) is 12.0 Å². The molecule has 0 saturated heterocycles. The van der Waals surface area contributed by atoms with Crippen LogP contribution >= 0.6 is 11.3 Å². The van der Waals surface area contributed by atoms with Crippen molar-refractivity contribution in [3.8, 4) is 0 Å². The lowest BCUT2D eigenvalue weighted by molar-refractivity contribution is 1.03. The maximum absolute atomic E-state index is 3.48. The van der Waals surface area contributed by atoms with E-state index in [4.69, 9.17) is 0 Å². The highest BCUT2D eigenvalue weighted by molar-refractivity contribution is 7.07. The van der Waals surface area contributed by atoms with Crippen LogP contribution in [-0.4, -0.2) is 6.54 Å². The molecule has 0 radical (unpaired) electrons. The molecule has 1 heterocycles. The second-order valence-electron chi connectivity index (χ2n) is 4.37. The number of fused-ring (bicyclic) bond motifs is 1. The van der Waals surface area contributed by atoms with Gasteiger partial charge in [-0.15, -0.1) is 0 Å². The molecule has 0 atom stereocenters. The molecule has 0 unspecified atom stereocenters. The molecule has 90 valence electrons.